The van der Waals surface area contributed by atoms with Crippen molar-refractivity contribution >= 4 is 5.91 Å². The summed E-state index contributed by atoms with van der Waals surface area (Å²) in [6.45, 7) is 6.03. The Morgan fingerprint density at radius 1 is 1.08 bits per heavy atom. The van der Waals surface area contributed by atoms with E-state index in [0.717, 1.165) is 32.7 Å². The molecule has 0 saturated carbocycles. The van der Waals surface area contributed by atoms with E-state index in [9.17, 15) is 4.79 Å². The predicted octanol–water partition coefficient (Wildman–Crippen LogP) is 3.05. The van der Waals surface area contributed by atoms with E-state index < -0.39 is 0 Å². The number of carbonyl (C=O) groups is 1. The first-order valence-electron chi connectivity index (χ1n) is 9.02. The molecule has 4 heteroatoms. The third-order valence-corrected chi connectivity index (χ3v) is 4.75. The molecule has 1 atom stereocenters. The van der Waals surface area contributed by atoms with Crippen molar-refractivity contribution in [1.82, 2.24) is 10.2 Å². The molecule has 0 bridgehead atoms. The van der Waals surface area contributed by atoms with Crippen molar-refractivity contribution in [3.8, 4) is 0 Å². The lowest BCUT2D eigenvalue weighted by atomic mass is 10.0. The lowest BCUT2D eigenvalue weighted by molar-refractivity contribution is 0.0162. The quantitative estimate of drug-likeness (QED) is 0.880. The highest BCUT2D eigenvalue weighted by Gasteiger charge is 2.23. The Kier molecular flexibility index (Phi) is 6.20. The van der Waals surface area contributed by atoms with E-state index in [1.807, 2.05) is 30.3 Å². The van der Waals surface area contributed by atoms with Gasteiger partial charge in [-0.3, -0.25) is 9.69 Å². The first-order chi connectivity index (χ1) is 12.3. The second-order valence-corrected chi connectivity index (χ2v) is 6.34. The first kappa shape index (κ1) is 17.6. The normalized spacial score (nSPS) is 16.4. The molecule has 2 aromatic carbocycles. The van der Waals surface area contributed by atoms with Crippen molar-refractivity contribution in [3.63, 3.8) is 0 Å². The second kappa shape index (κ2) is 8.79. The molecular weight excluding hydrogens is 312 g/mol. The van der Waals surface area contributed by atoms with Crippen LogP contribution in [0.15, 0.2) is 54.6 Å². The topological polar surface area (TPSA) is 41.6 Å². The third kappa shape index (κ3) is 4.68. The van der Waals surface area contributed by atoms with Gasteiger partial charge in [-0.1, -0.05) is 49.4 Å². The third-order valence-electron chi connectivity index (χ3n) is 4.75. The minimum absolute atomic E-state index is 0.0240. The number of nitrogens with zero attached hydrogens (tertiary/aromatic N) is 1. The van der Waals surface area contributed by atoms with E-state index in [1.165, 1.54) is 11.1 Å². The Morgan fingerprint density at radius 2 is 1.76 bits per heavy atom. The Morgan fingerprint density at radius 3 is 2.40 bits per heavy atom. The van der Waals surface area contributed by atoms with Crippen molar-refractivity contribution < 1.29 is 9.53 Å². The van der Waals surface area contributed by atoms with E-state index in [-0.39, 0.29) is 11.9 Å². The van der Waals surface area contributed by atoms with Gasteiger partial charge in [0, 0.05) is 25.2 Å². The zero-order chi connectivity index (χ0) is 17.5. The molecule has 1 aliphatic rings. The molecule has 0 aromatic heterocycles. The van der Waals surface area contributed by atoms with Gasteiger partial charge < -0.3 is 10.1 Å². The number of benzene rings is 2. The number of carbonyl (C=O) groups excluding carboxylic acids is 1. The van der Waals surface area contributed by atoms with Crippen LogP contribution in [0.3, 0.4) is 0 Å². The fourth-order valence-corrected chi connectivity index (χ4v) is 3.20. The molecule has 1 N–H and O–H groups in total. The second-order valence-electron chi connectivity index (χ2n) is 6.34. The first-order valence-corrected chi connectivity index (χ1v) is 9.02. The average Bonchev–Trinajstić information content (AvgIpc) is 2.70. The predicted molar refractivity (Wildman–Crippen MR) is 99.7 cm³/mol. The van der Waals surface area contributed by atoms with Crippen molar-refractivity contribution in [2.24, 2.45) is 0 Å². The summed E-state index contributed by atoms with van der Waals surface area (Å²) < 4.78 is 5.49. The van der Waals surface area contributed by atoms with Gasteiger partial charge in [0.25, 0.3) is 5.91 Å². The fraction of sp³-hybridized carbons (Fsp3) is 0.381. The summed E-state index contributed by atoms with van der Waals surface area (Å²) in [5.41, 5.74) is 3.27. The molecule has 0 spiro atoms. The van der Waals surface area contributed by atoms with Gasteiger partial charge in [-0.05, 0) is 29.7 Å². The van der Waals surface area contributed by atoms with Crippen LogP contribution in [0, 0.1) is 0 Å². The number of aryl methyl sites for hydroxylation is 1. The van der Waals surface area contributed by atoms with E-state index in [0.29, 0.717) is 12.1 Å². The summed E-state index contributed by atoms with van der Waals surface area (Å²) in [7, 11) is 0. The minimum Gasteiger partial charge on any atom is -0.379 e. The molecule has 1 unspecified atom stereocenters. The summed E-state index contributed by atoms with van der Waals surface area (Å²) in [5, 5.41) is 3.10. The summed E-state index contributed by atoms with van der Waals surface area (Å²) in [5.74, 6) is -0.0240. The number of ether oxygens (including phenoxy) is 1. The van der Waals surface area contributed by atoms with Crippen molar-refractivity contribution in [1.29, 1.82) is 0 Å². The molecule has 4 nitrogen and oxygen atoms in total. The Bertz CT molecular complexity index is 664. The summed E-state index contributed by atoms with van der Waals surface area (Å²) in [6, 6.07) is 18.3. The molecule has 1 fully saturated rings. The highest BCUT2D eigenvalue weighted by atomic mass is 16.5. The van der Waals surface area contributed by atoms with Crippen LogP contribution < -0.4 is 5.32 Å². The minimum atomic E-state index is -0.0240. The van der Waals surface area contributed by atoms with Crippen LogP contribution >= 0.6 is 0 Å². The van der Waals surface area contributed by atoms with E-state index >= 15 is 0 Å². The molecule has 2 aromatic rings. The van der Waals surface area contributed by atoms with E-state index in [1.54, 1.807) is 0 Å². The maximum absolute atomic E-state index is 12.4. The number of hydrogen-bond acceptors (Lipinski definition) is 3. The average molecular weight is 338 g/mol. The molecule has 1 amide bonds. The Balaban J connectivity index is 1.72. The molecule has 1 aliphatic heterocycles. The fourth-order valence-electron chi connectivity index (χ4n) is 3.20. The van der Waals surface area contributed by atoms with E-state index in [2.05, 4.69) is 41.4 Å². The van der Waals surface area contributed by atoms with Gasteiger partial charge in [-0.25, -0.2) is 0 Å². The zero-order valence-corrected chi connectivity index (χ0v) is 14.8. The highest BCUT2D eigenvalue weighted by molar-refractivity contribution is 5.94. The van der Waals surface area contributed by atoms with Crippen LogP contribution in [-0.4, -0.2) is 43.7 Å². The summed E-state index contributed by atoms with van der Waals surface area (Å²) in [4.78, 5) is 14.8. The smallest absolute Gasteiger partial charge is 0.251 e. The van der Waals surface area contributed by atoms with Gasteiger partial charge in [0.1, 0.15) is 0 Å². The standard InChI is InChI=1S/C21H26N2O2/c1-2-17-8-10-18(11-9-17)20(23-12-14-25-15-13-23)16-22-21(24)19-6-4-3-5-7-19/h3-11,20H,2,12-16H2,1H3,(H,22,24). The molecule has 1 saturated heterocycles. The maximum atomic E-state index is 12.4. The van der Waals surface area contributed by atoms with Gasteiger partial charge in [-0.2, -0.15) is 0 Å². The van der Waals surface area contributed by atoms with Gasteiger partial charge in [0.15, 0.2) is 0 Å². The Labute approximate surface area is 149 Å². The molecule has 1 heterocycles. The number of hydrogen-bond donors (Lipinski definition) is 1. The lowest BCUT2D eigenvalue weighted by Crippen LogP contribution is -2.43. The van der Waals surface area contributed by atoms with Crippen LogP contribution in [-0.2, 0) is 11.2 Å². The molecule has 0 aliphatic carbocycles. The molecule has 3 rings (SSSR count). The van der Waals surface area contributed by atoms with Crippen LogP contribution in [0.2, 0.25) is 0 Å². The highest BCUT2D eigenvalue weighted by Crippen LogP contribution is 2.22. The van der Waals surface area contributed by atoms with E-state index in [4.69, 9.17) is 4.74 Å². The largest absolute Gasteiger partial charge is 0.379 e. The van der Waals surface area contributed by atoms with Gasteiger partial charge >= 0.3 is 0 Å². The van der Waals surface area contributed by atoms with Crippen molar-refractivity contribution in [2.75, 3.05) is 32.8 Å². The van der Waals surface area contributed by atoms with Crippen LogP contribution in [0.25, 0.3) is 0 Å². The van der Waals surface area contributed by atoms with Crippen molar-refractivity contribution in [3.05, 3.63) is 71.3 Å². The number of nitrogens with one attached hydrogen (secondary N) is 1. The number of amides is 1. The molecule has 0 radical (unpaired) electrons. The summed E-state index contributed by atoms with van der Waals surface area (Å²) >= 11 is 0. The molecular formula is C21H26N2O2. The van der Waals surface area contributed by atoms with Gasteiger partial charge in [0.2, 0.25) is 0 Å². The van der Waals surface area contributed by atoms with Crippen molar-refractivity contribution in [2.45, 2.75) is 19.4 Å². The van der Waals surface area contributed by atoms with Gasteiger partial charge in [0.05, 0.1) is 19.3 Å². The Hall–Kier alpha value is -2.17. The van der Waals surface area contributed by atoms with Crippen LogP contribution in [0.4, 0.5) is 0 Å². The number of rotatable bonds is 6. The summed E-state index contributed by atoms with van der Waals surface area (Å²) in [6.07, 6.45) is 1.03. The SMILES string of the molecule is CCc1ccc(C(CNC(=O)c2ccccc2)N2CCOCC2)cc1. The monoisotopic (exact) mass is 338 g/mol. The van der Waals surface area contributed by atoms with Gasteiger partial charge in [-0.15, -0.1) is 0 Å². The lowest BCUT2D eigenvalue weighted by Gasteiger charge is -2.35. The number of morpholine rings is 1. The molecule has 132 valence electrons. The maximum Gasteiger partial charge on any atom is 0.251 e. The zero-order valence-electron chi connectivity index (χ0n) is 14.8. The van der Waals surface area contributed by atoms with Crippen LogP contribution in [0.1, 0.15) is 34.5 Å². The molecule has 25 heavy (non-hydrogen) atoms. The van der Waals surface area contributed by atoms with Crippen LogP contribution in [0.5, 0.6) is 0 Å².